The number of anilines is 1. The van der Waals surface area contributed by atoms with Crippen molar-refractivity contribution in [3.8, 4) is 5.88 Å². The Kier molecular flexibility index (Phi) is 5.79. The van der Waals surface area contributed by atoms with Crippen LogP contribution in [-0.4, -0.2) is 29.7 Å². The second-order valence-electron chi connectivity index (χ2n) is 8.13. The first kappa shape index (κ1) is 20.7. The topological polar surface area (TPSA) is 99.2 Å². The zero-order valence-corrected chi connectivity index (χ0v) is 17.8. The third-order valence-corrected chi connectivity index (χ3v) is 9.14. The van der Waals surface area contributed by atoms with Gasteiger partial charge in [0.2, 0.25) is 11.8 Å². The van der Waals surface area contributed by atoms with Gasteiger partial charge in [0, 0.05) is 19.2 Å². The Labute approximate surface area is 161 Å². The predicted molar refractivity (Wildman–Crippen MR) is 108 cm³/mol. The Morgan fingerprint density at radius 3 is 2.30 bits per heavy atom. The van der Waals surface area contributed by atoms with Gasteiger partial charge in [-0.2, -0.15) is 0 Å². The van der Waals surface area contributed by atoms with Crippen molar-refractivity contribution in [1.29, 1.82) is 0 Å². The van der Waals surface area contributed by atoms with Gasteiger partial charge in [-0.15, -0.1) is 0 Å². The predicted octanol–water partition coefficient (Wildman–Crippen LogP) is 3.37. The fraction of sp³-hybridized carbons (Fsp3) is 0.421. The van der Waals surface area contributed by atoms with Gasteiger partial charge in [-0.1, -0.05) is 32.9 Å². The van der Waals surface area contributed by atoms with Crippen molar-refractivity contribution in [1.82, 2.24) is 9.55 Å². The molecule has 1 aromatic carbocycles. The summed E-state index contributed by atoms with van der Waals surface area (Å²) in [6.45, 7) is 12.4. The van der Waals surface area contributed by atoms with Crippen molar-refractivity contribution < 1.29 is 14.0 Å². The standard InChI is InChI=1S/C19H28N4O3Si/c1-13(24)22-15-9-7-14(8-10-15)11-23-12-21-18(16(23)17(20)25)26-27(5,6)19(2,3)4/h7-10,12H,11H2,1-6H3,(H2,20,25)(H,22,24). The number of nitrogens with zero attached hydrogens (tertiary/aromatic N) is 2. The molecule has 0 spiro atoms. The molecule has 2 amide bonds. The summed E-state index contributed by atoms with van der Waals surface area (Å²) in [7, 11) is -2.15. The van der Waals surface area contributed by atoms with Crippen LogP contribution in [0.4, 0.5) is 5.69 Å². The van der Waals surface area contributed by atoms with E-state index in [9.17, 15) is 9.59 Å². The van der Waals surface area contributed by atoms with Gasteiger partial charge in [0.1, 0.15) is 0 Å². The van der Waals surface area contributed by atoms with Crippen molar-refractivity contribution in [3.63, 3.8) is 0 Å². The van der Waals surface area contributed by atoms with E-state index in [0.717, 1.165) is 5.56 Å². The van der Waals surface area contributed by atoms with Crippen LogP contribution < -0.4 is 15.5 Å². The highest BCUT2D eigenvalue weighted by Gasteiger charge is 2.40. The fourth-order valence-corrected chi connectivity index (χ4v) is 3.23. The second-order valence-corrected chi connectivity index (χ2v) is 12.9. The smallest absolute Gasteiger partial charge is 0.270 e. The molecule has 2 aromatic rings. The molecular weight excluding hydrogens is 360 g/mol. The monoisotopic (exact) mass is 388 g/mol. The van der Waals surface area contributed by atoms with Crippen LogP contribution in [0, 0.1) is 0 Å². The highest BCUT2D eigenvalue weighted by Crippen LogP contribution is 2.37. The summed E-state index contributed by atoms with van der Waals surface area (Å²) in [4.78, 5) is 27.5. The van der Waals surface area contributed by atoms with E-state index in [-0.39, 0.29) is 16.6 Å². The number of imidazole rings is 1. The zero-order chi connectivity index (χ0) is 20.4. The number of carbonyl (C=O) groups excluding carboxylic acids is 2. The quantitative estimate of drug-likeness (QED) is 0.741. The molecule has 0 aliphatic heterocycles. The van der Waals surface area contributed by atoms with Gasteiger partial charge in [0.25, 0.3) is 14.2 Å². The van der Waals surface area contributed by atoms with E-state index in [1.807, 2.05) is 24.3 Å². The lowest BCUT2D eigenvalue weighted by Crippen LogP contribution is -2.44. The number of nitrogens with one attached hydrogen (secondary N) is 1. The van der Waals surface area contributed by atoms with E-state index >= 15 is 0 Å². The largest absolute Gasteiger partial charge is 0.529 e. The van der Waals surface area contributed by atoms with E-state index in [1.54, 1.807) is 10.9 Å². The highest BCUT2D eigenvalue weighted by molar-refractivity contribution is 6.74. The molecular formula is C19H28N4O3Si. The number of primary amides is 1. The first-order valence-electron chi connectivity index (χ1n) is 8.81. The maximum Gasteiger partial charge on any atom is 0.270 e. The number of nitrogens with two attached hydrogens (primary N) is 1. The average Bonchev–Trinajstić information content (AvgIpc) is 2.89. The lowest BCUT2D eigenvalue weighted by molar-refractivity contribution is -0.114. The molecule has 0 saturated heterocycles. The molecule has 0 saturated carbocycles. The van der Waals surface area contributed by atoms with Gasteiger partial charge >= 0.3 is 0 Å². The van der Waals surface area contributed by atoms with Gasteiger partial charge < -0.3 is 20.0 Å². The van der Waals surface area contributed by atoms with Gasteiger partial charge in [-0.25, -0.2) is 4.98 Å². The number of amides is 2. The number of carbonyl (C=O) groups is 2. The summed E-state index contributed by atoms with van der Waals surface area (Å²) in [6, 6.07) is 7.38. The normalized spacial score (nSPS) is 11.9. The molecule has 8 heteroatoms. The van der Waals surface area contributed by atoms with Crippen LogP contribution in [0.5, 0.6) is 5.88 Å². The van der Waals surface area contributed by atoms with E-state index in [1.165, 1.54) is 6.92 Å². The Bertz CT molecular complexity index is 836. The molecule has 146 valence electrons. The van der Waals surface area contributed by atoms with Crippen LogP contribution >= 0.6 is 0 Å². The zero-order valence-electron chi connectivity index (χ0n) is 16.8. The molecule has 0 fully saturated rings. The van der Waals surface area contributed by atoms with Crippen molar-refractivity contribution in [2.75, 3.05) is 5.32 Å². The molecule has 1 heterocycles. The summed E-state index contributed by atoms with van der Waals surface area (Å²) in [5, 5.41) is 2.70. The minimum atomic E-state index is -2.15. The van der Waals surface area contributed by atoms with Crippen molar-refractivity contribution >= 4 is 25.8 Å². The summed E-state index contributed by atoms with van der Waals surface area (Å²) in [5.74, 6) is -0.402. The van der Waals surface area contributed by atoms with Crippen LogP contribution in [0.1, 0.15) is 43.7 Å². The van der Waals surface area contributed by atoms with Crippen LogP contribution in [0.2, 0.25) is 18.1 Å². The maximum atomic E-state index is 12.1. The first-order valence-corrected chi connectivity index (χ1v) is 11.7. The van der Waals surface area contributed by atoms with Crippen LogP contribution in [0.25, 0.3) is 0 Å². The lowest BCUT2D eigenvalue weighted by Gasteiger charge is -2.35. The van der Waals surface area contributed by atoms with Gasteiger partial charge in [-0.3, -0.25) is 9.59 Å². The molecule has 0 radical (unpaired) electrons. The van der Waals surface area contributed by atoms with E-state index < -0.39 is 14.2 Å². The van der Waals surface area contributed by atoms with Crippen molar-refractivity contribution in [3.05, 3.63) is 41.9 Å². The number of hydrogen-bond donors (Lipinski definition) is 2. The van der Waals surface area contributed by atoms with E-state index in [0.29, 0.717) is 18.1 Å². The summed E-state index contributed by atoms with van der Waals surface area (Å²) in [5.41, 5.74) is 7.54. The second kappa shape index (κ2) is 7.56. The number of benzene rings is 1. The molecule has 3 N–H and O–H groups in total. The number of aromatic nitrogens is 2. The van der Waals surface area contributed by atoms with Crippen LogP contribution in [-0.2, 0) is 11.3 Å². The molecule has 0 bridgehead atoms. The minimum Gasteiger partial charge on any atom is -0.529 e. The van der Waals surface area contributed by atoms with Gasteiger partial charge in [0.15, 0.2) is 5.69 Å². The number of hydrogen-bond acceptors (Lipinski definition) is 4. The lowest BCUT2D eigenvalue weighted by atomic mass is 10.2. The van der Waals surface area contributed by atoms with Gasteiger partial charge in [-0.05, 0) is 35.8 Å². The SMILES string of the molecule is CC(=O)Nc1ccc(Cn2cnc(O[Si](C)(C)C(C)(C)C)c2C(N)=O)cc1. The Morgan fingerprint density at radius 1 is 1.22 bits per heavy atom. The van der Waals surface area contributed by atoms with E-state index in [4.69, 9.17) is 10.2 Å². The van der Waals surface area contributed by atoms with Crippen molar-refractivity contribution in [2.24, 2.45) is 5.73 Å². The molecule has 7 nitrogen and oxygen atoms in total. The Hall–Kier alpha value is -2.61. The summed E-state index contributed by atoms with van der Waals surface area (Å²) in [6.07, 6.45) is 1.57. The minimum absolute atomic E-state index is 0.0226. The molecule has 0 unspecified atom stereocenters. The first-order chi connectivity index (χ1) is 12.4. The van der Waals surface area contributed by atoms with E-state index in [2.05, 4.69) is 44.2 Å². The average molecular weight is 389 g/mol. The molecule has 1 aromatic heterocycles. The fourth-order valence-electron chi connectivity index (χ4n) is 2.29. The third-order valence-electron chi connectivity index (χ3n) is 4.82. The molecule has 0 aliphatic rings. The number of rotatable bonds is 6. The molecule has 0 aliphatic carbocycles. The Morgan fingerprint density at radius 2 is 1.81 bits per heavy atom. The third kappa shape index (κ3) is 4.97. The molecule has 2 rings (SSSR count). The molecule has 27 heavy (non-hydrogen) atoms. The van der Waals surface area contributed by atoms with Crippen LogP contribution in [0.3, 0.4) is 0 Å². The summed E-state index contributed by atoms with van der Waals surface area (Å²) < 4.78 is 7.89. The Balaban J connectivity index is 2.27. The molecule has 0 atom stereocenters. The van der Waals surface area contributed by atoms with Gasteiger partial charge in [0.05, 0.1) is 6.33 Å². The summed E-state index contributed by atoms with van der Waals surface area (Å²) >= 11 is 0. The maximum absolute atomic E-state index is 12.1. The van der Waals surface area contributed by atoms with Crippen molar-refractivity contribution in [2.45, 2.75) is 52.4 Å². The highest BCUT2D eigenvalue weighted by atomic mass is 28.4. The van der Waals surface area contributed by atoms with Crippen LogP contribution in [0.15, 0.2) is 30.6 Å².